The Kier molecular flexibility index (Phi) is 4.31. The Morgan fingerprint density at radius 1 is 1.50 bits per heavy atom. The van der Waals surface area contributed by atoms with Gasteiger partial charge in [0.2, 0.25) is 0 Å². The third-order valence-corrected chi connectivity index (χ3v) is 5.15. The summed E-state index contributed by atoms with van der Waals surface area (Å²) in [6.45, 7) is 5.19. The Morgan fingerprint density at radius 2 is 2.32 bits per heavy atom. The third kappa shape index (κ3) is 3.08. The van der Waals surface area contributed by atoms with Crippen molar-refractivity contribution < 1.29 is 4.79 Å². The maximum Gasteiger partial charge on any atom is 0.256 e. The first-order chi connectivity index (χ1) is 10.5. The van der Waals surface area contributed by atoms with Gasteiger partial charge < -0.3 is 4.90 Å². The average molecular weight is 318 g/mol. The summed E-state index contributed by atoms with van der Waals surface area (Å²) in [5.41, 5.74) is 1.70. The van der Waals surface area contributed by atoms with Crippen LogP contribution in [0, 0.1) is 6.92 Å². The molecule has 1 aliphatic heterocycles. The molecular weight excluding hydrogens is 296 g/mol. The Morgan fingerprint density at radius 3 is 3.00 bits per heavy atom. The maximum absolute atomic E-state index is 12.2. The van der Waals surface area contributed by atoms with Crippen LogP contribution in [0.1, 0.15) is 38.1 Å². The Bertz CT molecular complexity index is 661. The van der Waals surface area contributed by atoms with Crippen molar-refractivity contribution in [3.05, 3.63) is 39.3 Å². The molecule has 0 aromatic carbocycles. The lowest BCUT2D eigenvalue weighted by Gasteiger charge is -2.16. The SMILES string of the molecule is Cc1ccc(CN2CC[C@H](c3[nH]ncc3C(=O)N(C)C)C2)s1. The molecule has 0 aliphatic carbocycles. The van der Waals surface area contributed by atoms with Crippen molar-refractivity contribution in [2.24, 2.45) is 0 Å². The fraction of sp³-hybridized carbons (Fsp3) is 0.500. The number of carbonyl (C=O) groups is 1. The van der Waals surface area contributed by atoms with E-state index in [1.165, 1.54) is 9.75 Å². The van der Waals surface area contributed by atoms with Gasteiger partial charge in [-0.1, -0.05) is 0 Å². The second kappa shape index (κ2) is 6.22. The number of nitrogens with one attached hydrogen (secondary N) is 1. The molecule has 1 atom stereocenters. The number of rotatable bonds is 4. The van der Waals surface area contributed by atoms with Crippen molar-refractivity contribution in [1.29, 1.82) is 0 Å². The van der Waals surface area contributed by atoms with Crippen LogP contribution in [-0.2, 0) is 6.54 Å². The minimum atomic E-state index is 0.0241. The first kappa shape index (κ1) is 15.2. The van der Waals surface area contributed by atoms with Crippen LogP contribution in [0.3, 0.4) is 0 Å². The molecule has 3 rings (SSSR count). The van der Waals surface area contributed by atoms with Gasteiger partial charge in [0.15, 0.2) is 0 Å². The van der Waals surface area contributed by atoms with E-state index >= 15 is 0 Å². The molecule has 1 amide bonds. The van der Waals surface area contributed by atoms with Gasteiger partial charge in [-0.05, 0) is 32.0 Å². The molecule has 1 aliphatic rings. The fourth-order valence-electron chi connectivity index (χ4n) is 3.02. The molecule has 1 N–H and O–H groups in total. The van der Waals surface area contributed by atoms with Crippen LogP contribution in [0.2, 0.25) is 0 Å². The standard InChI is InChI=1S/C16H22N4OS/c1-11-4-5-13(22-11)10-20-7-6-12(9-20)15-14(8-17-18-15)16(21)19(2)3/h4-5,8,12H,6-7,9-10H2,1-3H3,(H,17,18)/t12-/m0/s1. The summed E-state index contributed by atoms with van der Waals surface area (Å²) in [5.74, 6) is 0.388. The quantitative estimate of drug-likeness (QED) is 0.942. The van der Waals surface area contributed by atoms with E-state index in [4.69, 9.17) is 0 Å². The lowest BCUT2D eigenvalue weighted by molar-refractivity contribution is 0.0826. The minimum absolute atomic E-state index is 0.0241. The van der Waals surface area contributed by atoms with E-state index in [2.05, 4.69) is 34.2 Å². The number of aromatic amines is 1. The van der Waals surface area contributed by atoms with E-state index in [0.29, 0.717) is 11.5 Å². The van der Waals surface area contributed by atoms with Gasteiger partial charge in [0, 0.05) is 42.9 Å². The van der Waals surface area contributed by atoms with Crippen molar-refractivity contribution >= 4 is 17.2 Å². The second-order valence-electron chi connectivity index (χ2n) is 6.13. The number of H-pyrrole nitrogens is 1. The van der Waals surface area contributed by atoms with Crippen molar-refractivity contribution in [3.63, 3.8) is 0 Å². The van der Waals surface area contributed by atoms with Crippen LogP contribution in [0.25, 0.3) is 0 Å². The van der Waals surface area contributed by atoms with E-state index in [1.807, 2.05) is 11.3 Å². The molecule has 6 heteroatoms. The van der Waals surface area contributed by atoms with Gasteiger partial charge in [-0.15, -0.1) is 11.3 Å². The van der Waals surface area contributed by atoms with Crippen LogP contribution in [0.15, 0.2) is 18.3 Å². The predicted molar refractivity (Wildman–Crippen MR) is 88.3 cm³/mol. The maximum atomic E-state index is 12.2. The number of hydrogen-bond acceptors (Lipinski definition) is 4. The largest absolute Gasteiger partial charge is 0.345 e. The monoisotopic (exact) mass is 318 g/mol. The molecule has 2 aromatic heterocycles. The van der Waals surface area contributed by atoms with Crippen molar-refractivity contribution in [2.75, 3.05) is 27.2 Å². The molecule has 1 saturated heterocycles. The third-order valence-electron chi connectivity index (χ3n) is 4.16. The molecule has 0 unspecified atom stereocenters. The van der Waals surface area contributed by atoms with E-state index in [-0.39, 0.29) is 5.91 Å². The van der Waals surface area contributed by atoms with E-state index < -0.39 is 0 Å². The van der Waals surface area contributed by atoms with Gasteiger partial charge in [-0.2, -0.15) is 5.10 Å². The zero-order valence-electron chi connectivity index (χ0n) is 13.3. The predicted octanol–water partition coefficient (Wildman–Crippen LogP) is 2.47. The van der Waals surface area contributed by atoms with Crippen LogP contribution in [-0.4, -0.2) is 53.1 Å². The molecule has 1 fully saturated rings. The Balaban J connectivity index is 1.68. The zero-order chi connectivity index (χ0) is 15.7. The summed E-state index contributed by atoms with van der Waals surface area (Å²) in [7, 11) is 3.55. The van der Waals surface area contributed by atoms with Gasteiger partial charge in [0.25, 0.3) is 5.91 Å². The second-order valence-corrected chi connectivity index (χ2v) is 7.50. The molecule has 3 heterocycles. The highest BCUT2D eigenvalue weighted by Crippen LogP contribution is 2.30. The number of thiophene rings is 1. The summed E-state index contributed by atoms with van der Waals surface area (Å²) in [6, 6.07) is 4.39. The summed E-state index contributed by atoms with van der Waals surface area (Å²) in [4.78, 5) is 19.0. The smallest absolute Gasteiger partial charge is 0.256 e. The van der Waals surface area contributed by atoms with Crippen LogP contribution in [0.5, 0.6) is 0 Å². The normalized spacial score (nSPS) is 18.8. The first-order valence-corrected chi connectivity index (χ1v) is 8.39. The molecular formula is C16H22N4OS. The van der Waals surface area contributed by atoms with Crippen LogP contribution >= 0.6 is 11.3 Å². The number of hydrogen-bond donors (Lipinski definition) is 1. The van der Waals surface area contributed by atoms with Gasteiger partial charge in [-0.3, -0.25) is 14.8 Å². The molecule has 0 saturated carbocycles. The average Bonchev–Trinajstić information content (AvgIpc) is 3.18. The topological polar surface area (TPSA) is 52.2 Å². The van der Waals surface area contributed by atoms with Crippen LogP contribution in [0.4, 0.5) is 0 Å². The van der Waals surface area contributed by atoms with E-state index in [9.17, 15) is 4.79 Å². The highest BCUT2D eigenvalue weighted by atomic mass is 32.1. The van der Waals surface area contributed by atoms with E-state index in [1.54, 1.807) is 25.2 Å². The van der Waals surface area contributed by atoms with Gasteiger partial charge in [0.05, 0.1) is 17.5 Å². The highest BCUT2D eigenvalue weighted by Gasteiger charge is 2.29. The van der Waals surface area contributed by atoms with Crippen LogP contribution < -0.4 is 0 Å². The van der Waals surface area contributed by atoms with Crippen molar-refractivity contribution in [3.8, 4) is 0 Å². The summed E-state index contributed by atoms with van der Waals surface area (Å²) in [5, 5.41) is 7.14. The number of aryl methyl sites for hydroxylation is 1. The number of amides is 1. The highest BCUT2D eigenvalue weighted by molar-refractivity contribution is 7.11. The molecule has 22 heavy (non-hydrogen) atoms. The lowest BCUT2D eigenvalue weighted by atomic mass is 10.0. The zero-order valence-corrected chi connectivity index (χ0v) is 14.1. The van der Waals surface area contributed by atoms with Crippen molar-refractivity contribution in [1.82, 2.24) is 20.0 Å². The number of nitrogens with zero attached hydrogens (tertiary/aromatic N) is 3. The van der Waals surface area contributed by atoms with Crippen molar-refractivity contribution in [2.45, 2.75) is 25.8 Å². The number of likely N-dealkylation sites (tertiary alicyclic amines) is 1. The summed E-state index contributed by atoms with van der Waals surface area (Å²) < 4.78 is 0. The summed E-state index contributed by atoms with van der Waals surface area (Å²) in [6.07, 6.45) is 2.73. The van der Waals surface area contributed by atoms with Gasteiger partial charge in [-0.25, -0.2) is 0 Å². The van der Waals surface area contributed by atoms with E-state index in [0.717, 1.165) is 31.7 Å². The van der Waals surface area contributed by atoms with Gasteiger partial charge >= 0.3 is 0 Å². The molecule has 118 valence electrons. The first-order valence-electron chi connectivity index (χ1n) is 7.57. The lowest BCUT2D eigenvalue weighted by Crippen LogP contribution is -2.24. The fourth-order valence-corrected chi connectivity index (χ4v) is 3.95. The molecule has 0 radical (unpaired) electrons. The van der Waals surface area contributed by atoms with Gasteiger partial charge in [0.1, 0.15) is 0 Å². The number of carbonyl (C=O) groups excluding carboxylic acids is 1. The number of aromatic nitrogens is 2. The summed E-state index contributed by atoms with van der Waals surface area (Å²) >= 11 is 1.86. The minimum Gasteiger partial charge on any atom is -0.345 e. The Labute approximate surface area is 134 Å². The molecule has 0 bridgehead atoms. The molecule has 2 aromatic rings. The molecule has 5 nitrogen and oxygen atoms in total. The Hall–Kier alpha value is -1.66. The molecule has 0 spiro atoms.